The van der Waals surface area contributed by atoms with Crippen molar-refractivity contribution in [3.05, 3.63) is 0 Å². The molecule has 0 radical (unpaired) electrons. The van der Waals surface area contributed by atoms with Gasteiger partial charge in [-0.25, -0.2) is 0 Å². The second-order valence-electron chi connectivity index (χ2n) is 4.42. The number of nitrogens with one attached hydrogen (secondary N) is 1. The highest BCUT2D eigenvalue weighted by molar-refractivity contribution is 7.98. The van der Waals surface area contributed by atoms with Crippen LogP contribution >= 0.6 is 11.8 Å². The zero-order chi connectivity index (χ0) is 10.6. The lowest BCUT2D eigenvalue weighted by molar-refractivity contribution is -0.122. The second kappa shape index (κ2) is 5.03. The van der Waals surface area contributed by atoms with Crippen LogP contribution in [0.3, 0.4) is 0 Å². The van der Waals surface area contributed by atoms with Gasteiger partial charge >= 0.3 is 0 Å². The predicted octanol–water partition coefficient (Wildman–Crippen LogP) is 0.983. The monoisotopic (exact) mass is 216 g/mol. The van der Waals surface area contributed by atoms with Crippen molar-refractivity contribution in [3.63, 3.8) is 0 Å². The van der Waals surface area contributed by atoms with E-state index in [9.17, 15) is 4.79 Å². The molecule has 0 saturated heterocycles. The molecule has 1 rings (SSSR count). The number of carbonyl (C=O) groups is 1. The quantitative estimate of drug-likeness (QED) is 0.696. The molecule has 0 bridgehead atoms. The lowest BCUT2D eigenvalue weighted by Crippen LogP contribution is -2.42. The van der Waals surface area contributed by atoms with Crippen molar-refractivity contribution >= 4 is 17.7 Å². The lowest BCUT2D eigenvalue weighted by Gasteiger charge is -2.14. The zero-order valence-electron chi connectivity index (χ0n) is 9.01. The van der Waals surface area contributed by atoms with E-state index in [0.29, 0.717) is 5.41 Å². The van der Waals surface area contributed by atoms with Crippen LogP contribution < -0.4 is 11.1 Å². The fourth-order valence-electron chi connectivity index (χ4n) is 1.20. The summed E-state index contributed by atoms with van der Waals surface area (Å²) in [6, 6.07) is -0.329. The van der Waals surface area contributed by atoms with Gasteiger partial charge in [0, 0.05) is 6.54 Å². The number of hydrogen-bond acceptors (Lipinski definition) is 3. The molecule has 0 aromatic rings. The summed E-state index contributed by atoms with van der Waals surface area (Å²) in [5, 5.41) is 2.92. The van der Waals surface area contributed by atoms with Gasteiger partial charge in [-0.1, -0.05) is 6.92 Å². The van der Waals surface area contributed by atoms with E-state index in [2.05, 4.69) is 12.2 Å². The summed E-state index contributed by atoms with van der Waals surface area (Å²) in [5.41, 5.74) is 6.10. The number of amides is 1. The number of thioether (sulfide) groups is 1. The van der Waals surface area contributed by atoms with Crippen molar-refractivity contribution in [2.24, 2.45) is 11.1 Å². The summed E-state index contributed by atoms with van der Waals surface area (Å²) in [4.78, 5) is 11.5. The standard InChI is InChI=1S/C10H20N2OS/c1-10(4-5-10)7-12-9(13)8(11)3-6-14-2/h8H,3-7,11H2,1-2H3,(H,12,13)/t8-/m0/s1. The van der Waals surface area contributed by atoms with Crippen molar-refractivity contribution in [3.8, 4) is 0 Å². The molecule has 1 fully saturated rings. The van der Waals surface area contributed by atoms with Gasteiger partial charge in [-0.3, -0.25) is 4.79 Å². The Labute approximate surface area is 90.2 Å². The molecule has 4 heteroatoms. The van der Waals surface area contributed by atoms with E-state index in [1.54, 1.807) is 11.8 Å². The smallest absolute Gasteiger partial charge is 0.236 e. The lowest BCUT2D eigenvalue weighted by atomic mass is 10.1. The van der Waals surface area contributed by atoms with Crippen LogP contribution in [0.2, 0.25) is 0 Å². The van der Waals surface area contributed by atoms with Gasteiger partial charge in [-0.15, -0.1) is 0 Å². The summed E-state index contributed by atoms with van der Waals surface area (Å²) in [6.07, 6.45) is 5.25. The summed E-state index contributed by atoms with van der Waals surface area (Å²) < 4.78 is 0. The van der Waals surface area contributed by atoms with Crippen LogP contribution in [0.25, 0.3) is 0 Å². The SMILES string of the molecule is CSCC[C@H](N)C(=O)NCC1(C)CC1. The maximum atomic E-state index is 11.5. The number of rotatable bonds is 6. The van der Waals surface area contributed by atoms with Gasteiger partial charge in [-0.05, 0) is 36.7 Å². The Hall–Kier alpha value is -0.220. The van der Waals surface area contributed by atoms with Crippen LogP contribution in [0.1, 0.15) is 26.2 Å². The van der Waals surface area contributed by atoms with Gasteiger partial charge in [0.25, 0.3) is 0 Å². The molecule has 0 aromatic carbocycles. The second-order valence-corrected chi connectivity index (χ2v) is 5.40. The summed E-state index contributed by atoms with van der Waals surface area (Å²) >= 11 is 1.72. The Bertz CT molecular complexity index is 204. The van der Waals surface area contributed by atoms with Crippen LogP contribution in [0.15, 0.2) is 0 Å². The fraction of sp³-hybridized carbons (Fsp3) is 0.900. The van der Waals surface area contributed by atoms with E-state index in [0.717, 1.165) is 18.7 Å². The topological polar surface area (TPSA) is 55.1 Å². The predicted molar refractivity (Wildman–Crippen MR) is 61.3 cm³/mol. The molecule has 0 heterocycles. The van der Waals surface area contributed by atoms with Crippen LogP contribution in [0.5, 0.6) is 0 Å². The normalized spacial score (nSPS) is 20.2. The first kappa shape index (κ1) is 11.9. The molecule has 3 N–H and O–H groups in total. The molecule has 1 amide bonds. The highest BCUT2D eigenvalue weighted by Crippen LogP contribution is 2.43. The van der Waals surface area contributed by atoms with Crippen LogP contribution in [0, 0.1) is 5.41 Å². The fourth-order valence-corrected chi connectivity index (χ4v) is 1.69. The molecule has 3 nitrogen and oxygen atoms in total. The molecule has 0 aromatic heterocycles. The molecule has 1 atom stereocenters. The van der Waals surface area contributed by atoms with Crippen LogP contribution in [-0.4, -0.2) is 30.5 Å². The molecule has 82 valence electrons. The van der Waals surface area contributed by atoms with E-state index in [-0.39, 0.29) is 11.9 Å². The molecular weight excluding hydrogens is 196 g/mol. The van der Waals surface area contributed by atoms with E-state index in [1.165, 1.54) is 12.8 Å². The molecule has 0 unspecified atom stereocenters. The van der Waals surface area contributed by atoms with Crippen LogP contribution in [-0.2, 0) is 4.79 Å². The molecule has 0 spiro atoms. The van der Waals surface area contributed by atoms with Gasteiger partial charge in [0.2, 0.25) is 5.91 Å². The third-order valence-electron chi connectivity index (χ3n) is 2.76. The average Bonchev–Trinajstić information content (AvgIpc) is 2.90. The Kier molecular flexibility index (Phi) is 4.26. The third-order valence-corrected chi connectivity index (χ3v) is 3.41. The summed E-state index contributed by atoms with van der Waals surface area (Å²) in [7, 11) is 0. The molecule has 14 heavy (non-hydrogen) atoms. The highest BCUT2D eigenvalue weighted by atomic mass is 32.2. The molecule has 1 aliphatic carbocycles. The van der Waals surface area contributed by atoms with Gasteiger partial charge in [0.05, 0.1) is 6.04 Å². The van der Waals surface area contributed by atoms with E-state index < -0.39 is 0 Å². The minimum absolute atomic E-state index is 0.00664. The Morgan fingerprint density at radius 3 is 2.79 bits per heavy atom. The first-order valence-electron chi connectivity index (χ1n) is 5.10. The maximum Gasteiger partial charge on any atom is 0.236 e. The first-order valence-corrected chi connectivity index (χ1v) is 6.49. The summed E-state index contributed by atoms with van der Waals surface area (Å²) in [5.74, 6) is 0.957. The van der Waals surface area contributed by atoms with Gasteiger partial charge < -0.3 is 11.1 Å². The van der Waals surface area contributed by atoms with Gasteiger partial charge in [-0.2, -0.15) is 11.8 Å². The minimum Gasteiger partial charge on any atom is -0.354 e. The summed E-state index contributed by atoms with van der Waals surface area (Å²) in [6.45, 7) is 2.99. The van der Waals surface area contributed by atoms with Crippen molar-refractivity contribution in [2.45, 2.75) is 32.2 Å². The zero-order valence-corrected chi connectivity index (χ0v) is 9.82. The van der Waals surface area contributed by atoms with Crippen molar-refractivity contribution in [2.75, 3.05) is 18.6 Å². The number of carbonyl (C=O) groups excluding carboxylic acids is 1. The third kappa shape index (κ3) is 3.88. The Morgan fingerprint density at radius 2 is 2.29 bits per heavy atom. The van der Waals surface area contributed by atoms with Crippen molar-refractivity contribution in [1.29, 1.82) is 0 Å². The van der Waals surface area contributed by atoms with Crippen molar-refractivity contribution in [1.82, 2.24) is 5.32 Å². The highest BCUT2D eigenvalue weighted by Gasteiger charge is 2.37. The number of nitrogens with two attached hydrogens (primary N) is 1. The van der Waals surface area contributed by atoms with E-state index >= 15 is 0 Å². The van der Waals surface area contributed by atoms with Crippen molar-refractivity contribution < 1.29 is 4.79 Å². The first-order chi connectivity index (χ1) is 6.57. The molecule has 0 aliphatic heterocycles. The maximum absolute atomic E-state index is 11.5. The Morgan fingerprint density at radius 1 is 1.64 bits per heavy atom. The molecule has 1 saturated carbocycles. The van der Waals surface area contributed by atoms with Gasteiger partial charge in [0.15, 0.2) is 0 Å². The minimum atomic E-state index is -0.329. The van der Waals surface area contributed by atoms with E-state index in [1.807, 2.05) is 6.26 Å². The Balaban J connectivity index is 2.13. The molecule has 1 aliphatic rings. The molecular formula is C10H20N2OS. The van der Waals surface area contributed by atoms with E-state index in [4.69, 9.17) is 5.73 Å². The van der Waals surface area contributed by atoms with Gasteiger partial charge in [0.1, 0.15) is 0 Å². The average molecular weight is 216 g/mol. The van der Waals surface area contributed by atoms with Crippen LogP contribution in [0.4, 0.5) is 0 Å². The largest absolute Gasteiger partial charge is 0.354 e. The number of hydrogen-bond donors (Lipinski definition) is 2.